The molecule has 5 nitrogen and oxygen atoms in total. The second-order valence-corrected chi connectivity index (χ2v) is 3.61. The van der Waals surface area contributed by atoms with Gasteiger partial charge in [-0.3, -0.25) is 4.79 Å². The van der Waals surface area contributed by atoms with Crippen LogP contribution in [0.5, 0.6) is 11.5 Å². The molecule has 100 valence electrons. The van der Waals surface area contributed by atoms with Gasteiger partial charge in [0.25, 0.3) is 5.91 Å². The Morgan fingerprint density at radius 1 is 1.28 bits per heavy atom. The van der Waals surface area contributed by atoms with Gasteiger partial charge in [0.2, 0.25) is 0 Å². The predicted molar refractivity (Wildman–Crippen MR) is 67.7 cm³/mol. The summed E-state index contributed by atoms with van der Waals surface area (Å²) >= 11 is 0. The minimum atomic E-state index is -0.175. The first kappa shape index (κ1) is 14.3. The highest BCUT2D eigenvalue weighted by Gasteiger charge is 2.08. The number of likely N-dealkylation sites (N-methyl/N-ethyl adjacent to an activating group) is 1. The maximum absolute atomic E-state index is 11.3. The summed E-state index contributed by atoms with van der Waals surface area (Å²) in [5.41, 5.74) is 0.740. The number of ether oxygens (including phenoxy) is 2. The van der Waals surface area contributed by atoms with Crippen molar-refractivity contribution < 1.29 is 19.4 Å². The van der Waals surface area contributed by atoms with Crippen LogP contribution in [0.1, 0.15) is 19.4 Å². The molecule has 5 heteroatoms. The number of hydrogen-bond acceptors (Lipinski definition) is 4. The fraction of sp³-hybridized carbons (Fsp3) is 0.462. The average molecular weight is 253 g/mol. The van der Waals surface area contributed by atoms with Crippen molar-refractivity contribution in [2.75, 3.05) is 19.8 Å². The third-order valence-electron chi connectivity index (χ3n) is 2.22. The highest BCUT2D eigenvalue weighted by molar-refractivity contribution is 5.77. The molecule has 0 aliphatic rings. The molecule has 1 rings (SSSR count). The van der Waals surface area contributed by atoms with E-state index in [1.165, 1.54) is 0 Å². The Bertz CT molecular complexity index is 393. The van der Waals surface area contributed by atoms with E-state index in [9.17, 15) is 4.79 Å². The van der Waals surface area contributed by atoms with Crippen LogP contribution >= 0.6 is 0 Å². The number of benzene rings is 1. The number of nitrogens with one attached hydrogen (secondary N) is 1. The molecule has 0 fully saturated rings. The number of aliphatic hydroxyl groups excluding tert-OH is 1. The van der Waals surface area contributed by atoms with Crippen LogP contribution in [0.3, 0.4) is 0 Å². The summed E-state index contributed by atoms with van der Waals surface area (Å²) in [7, 11) is 0. The molecule has 1 amide bonds. The lowest BCUT2D eigenvalue weighted by Gasteiger charge is -2.12. The molecule has 0 unspecified atom stereocenters. The zero-order chi connectivity index (χ0) is 13.4. The smallest absolute Gasteiger partial charge is 0.257 e. The lowest BCUT2D eigenvalue weighted by atomic mass is 10.2. The number of carbonyl (C=O) groups excluding carboxylic acids is 1. The van der Waals surface area contributed by atoms with Crippen LogP contribution in [0, 0.1) is 0 Å². The van der Waals surface area contributed by atoms with Crippen molar-refractivity contribution in [3.05, 3.63) is 23.8 Å². The van der Waals surface area contributed by atoms with Crippen LogP contribution in [0.2, 0.25) is 0 Å². The van der Waals surface area contributed by atoms with Crippen LogP contribution in [0.4, 0.5) is 0 Å². The highest BCUT2D eigenvalue weighted by Crippen LogP contribution is 2.28. The maximum atomic E-state index is 11.3. The number of carbonyl (C=O) groups is 1. The highest BCUT2D eigenvalue weighted by atomic mass is 16.5. The Balaban J connectivity index is 2.71. The summed E-state index contributed by atoms with van der Waals surface area (Å²) in [6, 6.07) is 5.13. The Morgan fingerprint density at radius 3 is 2.67 bits per heavy atom. The molecule has 0 atom stereocenters. The van der Waals surface area contributed by atoms with Crippen molar-refractivity contribution in [2.45, 2.75) is 20.5 Å². The molecule has 0 aromatic heterocycles. The molecule has 0 saturated carbocycles. The first-order chi connectivity index (χ1) is 8.71. The van der Waals surface area contributed by atoms with Crippen molar-refractivity contribution in [1.29, 1.82) is 0 Å². The van der Waals surface area contributed by atoms with E-state index in [1.54, 1.807) is 18.2 Å². The van der Waals surface area contributed by atoms with Crippen LogP contribution in [-0.2, 0) is 11.4 Å². The topological polar surface area (TPSA) is 67.8 Å². The molecule has 0 saturated heterocycles. The van der Waals surface area contributed by atoms with E-state index in [0.717, 1.165) is 5.56 Å². The largest absolute Gasteiger partial charge is 0.490 e. The number of rotatable bonds is 7. The Morgan fingerprint density at radius 2 is 2.06 bits per heavy atom. The first-order valence-electron chi connectivity index (χ1n) is 5.97. The van der Waals surface area contributed by atoms with Gasteiger partial charge in [0, 0.05) is 6.54 Å². The van der Waals surface area contributed by atoms with Crippen LogP contribution in [0.15, 0.2) is 18.2 Å². The van der Waals surface area contributed by atoms with Crippen molar-refractivity contribution in [3.8, 4) is 11.5 Å². The van der Waals surface area contributed by atoms with Gasteiger partial charge in [0.1, 0.15) is 0 Å². The van der Waals surface area contributed by atoms with E-state index >= 15 is 0 Å². The summed E-state index contributed by atoms with van der Waals surface area (Å²) in [6.45, 7) is 4.66. The number of amides is 1. The molecular weight excluding hydrogens is 234 g/mol. The van der Waals surface area contributed by atoms with Gasteiger partial charge in [-0.15, -0.1) is 0 Å². The number of hydrogen-bond donors (Lipinski definition) is 2. The zero-order valence-electron chi connectivity index (χ0n) is 10.7. The normalized spacial score (nSPS) is 9.94. The van der Waals surface area contributed by atoms with E-state index in [0.29, 0.717) is 24.7 Å². The zero-order valence-corrected chi connectivity index (χ0v) is 10.7. The fourth-order valence-electron chi connectivity index (χ4n) is 1.43. The quantitative estimate of drug-likeness (QED) is 0.763. The van der Waals surface area contributed by atoms with E-state index in [2.05, 4.69) is 5.32 Å². The maximum Gasteiger partial charge on any atom is 0.257 e. The molecule has 0 radical (unpaired) electrons. The molecule has 0 bridgehead atoms. The molecule has 1 aromatic carbocycles. The second kappa shape index (κ2) is 7.55. The van der Waals surface area contributed by atoms with Gasteiger partial charge in [-0.2, -0.15) is 0 Å². The van der Waals surface area contributed by atoms with Gasteiger partial charge >= 0.3 is 0 Å². The molecule has 0 aliphatic heterocycles. The minimum Gasteiger partial charge on any atom is -0.490 e. The SMILES string of the molecule is CCNC(=O)COc1ccc(CO)cc1OCC. The van der Waals surface area contributed by atoms with E-state index in [-0.39, 0.29) is 19.1 Å². The lowest BCUT2D eigenvalue weighted by molar-refractivity contribution is -0.123. The van der Waals surface area contributed by atoms with Gasteiger partial charge in [0.05, 0.1) is 13.2 Å². The van der Waals surface area contributed by atoms with Crippen LogP contribution in [-0.4, -0.2) is 30.8 Å². The lowest BCUT2D eigenvalue weighted by Crippen LogP contribution is -2.28. The summed E-state index contributed by atoms with van der Waals surface area (Å²) < 4.78 is 10.8. The van der Waals surface area contributed by atoms with Gasteiger partial charge in [-0.05, 0) is 31.5 Å². The summed E-state index contributed by atoms with van der Waals surface area (Å²) in [6.07, 6.45) is 0. The molecule has 0 spiro atoms. The standard InChI is InChI=1S/C13H19NO4/c1-3-14-13(16)9-18-11-6-5-10(8-15)7-12(11)17-4-2/h5-7,15H,3-4,8-9H2,1-2H3,(H,14,16). The molecule has 0 aliphatic carbocycles. The Hall–Kier alpha value is -1.75. The van der Waals surface area contributed by atoms with Crippen molar-refractivity contribution >= 4 is 5.91 Å². The Labute approximate surface area is 107 Å². The van der Waals surface area contributed by atoms with Gasteiger partial charge < -0.3 is 19.9 Å². The minimum absolute atomic E-state index is 0.0492. The van der Waals surface area contributed by atoms with Crippen LogP contribution in [0.25, 0.3) is 0 Å². The fourth-order valence-corrected chi connectivity index (χ4v) is 1.43. The Kier molecular flexibility index (Phi) is 6.00. The van der Waals surface area contributed by atoms with Crippen molar-refractivity contribution in [3.63, 3.8) is 0 Å². The molecular formula is C13H19NO4. The van der Waals surface area contributed by atoms with Gasteiger partial charge in [-0.25, -0.2) is 0 Å². The third-order valence-corrected chi connectivity index (χ3v) is 2.22. The van der Waals surface area contributed by atoms with E-state index in [4.69, 9.17) is 14.6 Å². The van der Waals surface area contributed by atoms with Gasteiger partial charge in [0.15, 0.2) is 18.1 Å². The second-order valence-electron chi connectivity index (χ2n) is 3.61. The van der Waals surface area contributed by atoms with E-state index in [1.807, 2.05) is 13.8 Å². The third kappa shape index (κ3) is 4.25. The monoisotopic (exact) mass is 253 g/mol. The molecule has 18 heavy (non-hydrogen) atoms. The van der Waals surface area contributed by atoms with Crippen molar-refractivity contribution in [1.82, 2.24) is 5.32 Å². The number of aliphatic hydroxyl groups is 1. The van der Waals surface area contributed by atoms with Gasteiger partial charge in [-0.1, -0.05) is 6.07 Å². The summed E-state index contributed by atoms with van der Waals surface area (Å²) in [4.78, 5) is 11.3. The molecule has 0 heterocycles. The van der Waals surface area contributed by atoms with Crippen LogP contribution < -0.4 is 14.8 Å². The average Bonchev–Trinajstić information content (AvgIpc) is 2.38. The first-order valence-corrected chi connectivity index (χ1v) is 5.97. The molecule has 1 aromatic rings. The molecule has 2 N–H and O–H groups in total. The summed E-state index contributed by atoms with van der Waals surface area (Å²) in [5, 5.41) is 11.7. The predicted octanol–water partition coefficient (Wildman–Crippen LogP) is 1.09. The summed E-state index contributed by atoms with van der Waals surface area (Å²) in [5.74, 6) is 0.861. The van der Waals surface area contributed by atoms with E-state index < -0.39 is 0 Å². The van der Waals surface area contributed by atoms with Crippen molar-refractivity contribution in [2.24, 2.45) is 0 Å².